The number of carbonyl (C=O) groups excluding carboxylic acids is 2. The molecule has 0 bridgehead atoms. The molecule has 3 aromatic rings. The van der Waals surface area contributed by atoms with Gasteiger partial charge in [-0.25, -0.2) is 21.9 Å². The molecule has 7 nitrogen and oxygen atoms in total. The summed E-state index contributed by atoms with van der Waals surface area (Å²) in [4.78, 5) is 25.4. The standard InChI is InChI=1S/C23H22ClFN2O5S/c1-32-23(29)17-13-27(21-8-3-2-5-16(17)21)22(28)15-9-11-26(12-10-15)33(30,31)14-18-19(24)6-4-7-20(18)25/h2-8,13,15H,9-12,14H2,1H3. The van der Waals surface area contributed by atoms with Gasteiger partial charge in [0.25, 0.3) is 0 Å². The number of para-hydroxylation sites is 1. The van der Waals surface area contributed by atoms with E-state index in [4.69, 9.17) is 16.3 Å². The number of nitrogens with zero attached hydrogens (tertiary/aromatic N) is 2. The molecule has 4 rings (SSSR count). The van der Waals surface area contributed by atoms with Crippen molar-refractivity contribution in [3.8, 4) is 0 Å². The maximum atomic E-state index is 14.1. The van der Waals surface area contributed by atoms with Crippen LogP contribution in [0.3, 0.4) is 0 Å². The van der Waals surface area contributed by atoms with E-state index in [0.717, 1.165) is 0 Å². The number of halogens is 2. The van der Waals surface area contributed by atoms with Crippen molar-refractivity contribution in [1.29, 1.82) is 0 Å². The van der Waals surface area contributed by atoms with Crippen LogP contribution in [0.4, 0.5) is 4.39 Å². The minimum Gasteiger partial charge on any atom is -0.465 e. The summed E-state index contributed by atoms with van der Waals surface area (Å²) in [5.41, 5.74) is 0.821. The molecule has 2 aromatic carbocycles. The highest BCUT2D eigenvalue weighted by Gasteiger charge is 2.33. The summed E-state index contributed by atoms with van der Waals surface area (Å²) in [7, 11) is -2.53. The topological polar surface area (TPSA) is 85.7 Å². The van der Waals surface area contributed by atoms with E-state index in [-0.39, 0.29) is 29.6 Å². The van der Waals surface area contributed by atoms with Gasteiger partial charge in [-0.1, -0.05) is 35.9 Å². The molecular formula is C23H22ClFN2O5S. The summed E-state index contributed by atoms with van der Waals surface area (Å²) in [5, 5.41) is 0.670. The minimum absolute atomic E-state index is 0.0598. The summed E-state index contributed by atoms with van der Waals surface area (Å²) in [5.74, 6) is -2.38. The zero-order chi connectivity index (χ0) is 23.8. The summed E-state index contributed by atoms with van der Waals surface area (Å²) in [6, 6.07) is 11.1. The molecule has 1 aromatic heterocycles. The van der Waals surface area contributed by atoms with E-state index in [9.17, 15) is 22.4 Å². The summed E-state index contributed by atoms with van der Waals surface area (Å²) in [6.07, 6.45) is 2.09. The molecule has 1 fully saturated rings. The first-order valence-electron chi connectivity index (χ1n) is 10.4. The number of carbonyl (C=O) groups is 2. The molecule has 0 spiro atoms. The van der Waals surface area contributed by atoms with Crippen molar-refractivity contribution in [3.63, 3.8) is 0 Å². The third kappa shape index (κ3) is 4.53. The van der Waals surface area contributed by atoms with Crippen LogP contribution in [0.25, 0.3) is 10.9 Å². The number of rotatable bonds is 5. The number of piperidine rings is 1. The van der Waals surface area contributed by atoms with Gasteiger partial charge in [-0.3, -0.25) is 9.36 Å². The molecule has 0 atom stereocenters. The van der Waals surface area contributed by atoms with Gasteiger partial charge in [-0.2, -0.15) is 0 Å². The van der Waals surface area contributed by atoms with Gasteiger partial charge in [0.1, 0.15) is 5.82 Å². The van der Waals surface area contributed by atoms with Crippen molar-refractivity contribution in [3.05, 3.63) is 70.6 Å². The Morgan fingerprint density at radius 2 is 1.82 bits per heavy atom. The van der Waals surface area contributed by atoms with Crippen LogP contribution in [0.2, 0.25) is 5.02 Å². The first-order chi connectivity index (χ1) is 15.7. The second-order valence-electron chi connectivity index (χ2n) is 7.89. The Hall–Kier alpha value is -2.75. The number of hydrogen-bond donors (Lipinski definition) is 0. The maximum absolute atomic E-state index is 14.1. The Bertz CT molecular complexity index is 1310. The highest BCUT2D eigenvalue weighted by molar-refractivity contribution is 7.88. The normalized spacial score (nSPS) is 15.6. The molecule has 1 aliphatic heterocycles. The monoisotopic (exact) mass is 492 g/mol. The van der Waals surface area contributed by atoms with Crippen LogP contribution in [0.1, 0.15) is 33.6 Å². The Morgan fingerprint density at radius 3 is 2.48 bits per heavy atom. The molecule has 1 saturated heterocycles. The lowest BCUT2D eigenvalue weighted by Crippen LogP contribution is -2.41. The van der Waals surface area contributed by atoms with Gasteiger partial charge < -0.3 is 4.74 Å². The van der Waals surface area contributed by atoms with Crippen LogP contribution in [0.15, 0.2) is 48.7 Å². The summed E-state index contributed by atoms with van der Waals surface area (Å²) < 4.78 is 47.3. The molecule has 0 unspecified atom stereocenters. The van der Waals surface area contributed by atoms with E-state index in [1.165, 1.54) is 40.4 Å². The largest absolute Gasteiger partial charge is 0.465 e. The molecule has 1 aliphatic rings. The van der Waals surface area contributed by atoms with Gasteiger partial charge in [-0.05, 0) is 31.0 Å². The van der Waals surface area contributed by atoms with E-state index in [0.29, 0.717) is 29.3 Å². The fourth-order valence-electron chi connectivity index (χ4n) is 4.16. The van der Waals surface area contributed by atoms with E-state index in [2.05, 4.69) is 0 Å². The molecule has 0 saturated carbocycles. The van der Waals surface area contributed by atoms with Gasteiger partial charge in [0.2, 0.25) is 15.9 Å². The van der Waals surface area contributed by atoms with Gasteiger partial charge in [0, 0.05) is 41.2 Å². The van der Waals surface area contributed by atoms with Crippen LogP contribution in [0.5, 0.6) is 0 Å². The zero-order valence-electron chi connectivity index (χ0n) is 17.8. The van der Waals surface area contributed by atoms with Crippen molar-refractivity contribution in [2.24, 2.45) is 5.92 Å². The number of hydrogen-bond acceptors (Lipinski definition) is 5. The summed E-state index contributed by atoms with van der Waals surface area (Å²) in [6.45, 7) is 0.266. The third-order valence-electron chi connectivity index (χ3n) is 5.94. The lowest BCUT2D eigenvalue weighted by atomic mass is 9.97. The van der Waals surface area contributed by atoms with E-state index in [1.807, 2.05) is 0 Å². The predicted octanol–water partition coefficient (Wildman–Crippen LogP) is 4.10. The number of aromatic nitrogens is 1. The molecule has 0 radical (unpaired) electrons. The smallest absolute Gasteiger partial charge is 0.340 e. The predicted molar refractivity (Wildman–Crippen MR) is 122 cm³/mol. The van der Waals surface area contributed by atoms with Gasteiger partial charge in [0.15, 0.2) is 0 Å². The highest BCUT2D eigenvalue weighted by Crippen LogP contribution is 2.29. The van der Waals surface area contributed by atoms with E-state index < -0.39 is 33.5 Å². The zero-order valence-corrected chi connectivity index (χ0v) is 19.4. The minimum atomic E-state index is -3.81. The Kier molecular flexibility index (Phi) is 6.56. The number of sulfonamides is 1. The highest BCUT2D eigenvalue weighted by atomic mass is 35.5. The number of benzene rings is 2. The molecular weight excluding hydrogens is 471 g/mol. The van der Waals surface area contributed by atoms with E-state index in [1.54, 1.807) is 24.3 Å². The molecule has 2 heterocycles. The molecule has 174 valence electrons. The van der Waals surface area contributed by atoms with Crippen molar-refractivity contribution in [2.75, 3.05) is 20.2 Å². The fraction of sp³-hybridized carbons (Fsp3) is 0.304. The molecule has 10 heteroatoms. The van der Waals surface area contributed by atoms with Crippen LogP contribution < -0.4 is 0 Å². The van der Waals surface area contributed by atoms with Crippen LogP contribution in [-0.2, 0) is 20.5 Å². The van der Waals surface area contributed by atoms with Crippen molar-refractivity contribution < 1.29 is 27.1 Å². The van der Waals surface area contributed by atoms with Gasteiger partial charge in [0.05, 0.1) is 23.9 Å². The lowest BCUT2D eigenvalue weighted by molar-refractivity contribution is 0.0603. The van der Waals surface area contributed by atoms with Crippen molar-refractivity contribution >= 4 is 44.4 Å². The number of fused-ring (bicyclic) bond motifs is 1. The Labute approximate surface area is 195 Å². The van der Waals surface area contributed by atoms with Crippen molar-refractivity contribution in [1.82, 2.24) is 8.87 Å². The number of ether oxygens (including phenoxy) is 1. The molecule has 0 amide bonds. The molecule has 0 aliphatic carbocycles. The third-order valence-corrected chi connectivity index (χ3v) is 8.10. The van der Waals surface area contributed by atoms with Crippen LogP contribution in [0, 0.1) is 11.7 Å². The van der Waals surface area contributed by atoms with Gasteiger partial charge >= 0.3 is 5.97 Å². The second-order valence-corrected chi connectivity index (χ2v) is 10.3. The van der Waals surface area contributed by atoms with Gasteiger partial charge in [-0.15, -0.1) is 0 Å². The average Bonchev–Trinajstić information content (AvgIpc) is 3.20. The van der Waals surface area contributed by atoms with Crippen LogP contribution >= 0.6 is 11.6 Å². The maximum Gasteiger partial charge on any atom is 0.340 e. The summed E-state index contributed by atoms with van der Waals surface area (Å²) >= 11 is 5.99. The Morgan fingerprint density at radius 1 is 1.12 bits per heavy atom. The Balaban J connectivity index is 1.50. The molecule has 0 N–H and O–H groups in total. The fourth-order valence-corrected chi connectivity index (χ4v) is 6.07. The van der Waals surface area contributed by atoms with Crippen molar-refractivity contribution in [2.45, 2.75) is 18.6 Å². The number of methoxy groups -OCH3 is 1. The number of esters is 1. The average molecular weight is 493 g/mol. The molecule has 33 heavy (non-hydrogen) atoms. The lowest BCUT2D eigenvalue weighted by Gasteiger charge is -2.30. The first kappa shape index (κ1) is 23.4. The first-order valence-corrected chi connectivity index (χ1v) is 12.3. The quantitative estimate of drug-likeness (QED) is 0.500. The van der Waals surface area contributed by atoms with Crippen LogP contribution in [-0.4, -0.2) is 49.4 Å². The SMILES string of the molecule is COC(=O)c1cn(C(=O)C2CCN(S(=O)(=O)Cc3c(F)cccc3Cl)CC2)c2ccccc12. The van der Waals surface area contributed by atoms with E-state index >= 15 is 0 Å². The second kappa shape index (κ2) is 9.24.